The van der Waals surface area contributed by atoms with Gasteiger partial charge >= 0.3 is 18.0 Å². The minimum Gasteiger partial charge on any atom is -0.507 e. The highest BCUT2D eigenvalue weighted by atomic mass is 35.5. The average molecular weight is 537 g/mol. The largest absolute Gasteiger partial charge is 0.507 e. The first-order valence-electron chi connectivity index (χ1n) is 10.5. The number of carbonyl (C=O) groups is 1. The molecule has 36 heavy (non-hydrogen) atoms. The van der Waals surface area contributed by atoms with Crippen molar-refractivity contribution in [2.75, 3.05) is 0 Å². The van der Waals surface area contributed by atoms with Crippen molar-refractivity contribution >= 4 is 29.0 Å². The molecule has 3 rings (SSSR count). The Morgan fingerprint density at radius 3 is 2.03 bits per heavy atom. The third-order valence-electron chi connectivity index (χ3n) is 5.68. The summed E-state index contributed by atoms with van der Waals surface area (Å²) in [6, 6.07) is 4.80. The predicted molar refractivity (Wildman–Crippen MR) is 120 cm³/mol. The van der Waals surface area contributed by atoms with Gasteiger partial charge in [-0.3, -0.25) is 4.79 Å². The fourth-order valence-corrected chi connectivity index (χ4v) is 3.92. The van der Waals surface area contributed by atoms with Crippen LogP contribution in [-0.4, -0.2) is 35.1 Å². The molecule has 0 bridgehead atoms. The minimum atomic E-state index is -6.27. The van der Waals surface area contributed by atoms with E-state index in [4.69, 9.17) is 17.0 Å². The van der Waals surface area contributed by atoms with Crippen molar-refractivity contribution in [1.82, 2.24) is 5.32 Å². The quantitative estimate of drug-likeness (QED) is 0.209. The third-order valence-corrected chi connectivity index (χ3v) is 6.01. The van der Waals surface area contributed by atoms with Crippen LogP contribution in [0.4, 0.5) is 30.7 Å². The Bertz CT molecular complexity index is 1210. The molecular weight excluding hydrogens is 517 g/mol. The maximum atomic E-state index is 14.5. The van der Waals surface area contributed by atoms with Crippen molar-refractivity contribution in [2.45, 2.75) is 50.8 Å². The van der Waals surface area contributed by atoms with E-state index in [-0.39, 0.29) is 38.9 Å². The van der Waals surface area contributed by atoms with Crippen LogP contribution < -0.4 is 5.32 Å². The Labute approximate surface area is 206 Å². The maximum Gasteiger partial charge on any atom is 0.435 e. The van der Waals surface area contributed by atoms with Gasteiger partial charge in [0.1, 0.15) is 5.76 Å². The smallest absolute Gasteiger partial charge is 0.435 e. The number of aliphatic hydroxyl groups excluding tert-OH is 1. The van der Waals surface area contributed by atoms with Crippen molar-refractivity contribution in [3.63, 3.8) is 0 Å². The monoisotopic (exact) mass is 536 g/mol. The van der Waals surface area contributed by atoms with E-state index in [0.717, 1.165) is 32.8 Å². The molecule has 194 valence electrons. The number of rotatable bonds is 6. The van der Waals surface area contributed by atoms with Crippen LogP contribution in [0.3, 0.4) is 0 Å². The van der Waals surface area contributed by atoms with E-state index >= 15 is 0 Å². The number of alkyl halides is 7. The standard InChI is InChI=1S/C24H20ClF7N2O2/c1-11-7-14(22(26,23(27,28)29)24(30,31)32)8-12(2)20(11)18(33)10-19(35)13-3-6-17(25)16(9-13)21(36)34-15-4-5-15/h3,6-10,15,33,35H,4-5H2,1-2H3,(H,34,36)/b19-10-,33-18?. The van der Waals surface area contributed by atoms with E-state index in [1.165, 1.54) is 18.2 Å². The molecule has 0 aliphatic heterocycles. The van der Waals surface area contributed by atoms with Gasteiger partial charge in [0.05, 0.1) is 16.3 Å². The van der Waals surface area contributed by atoms with Crippen LogP contribution in [0.5, 0.6) is 0 Å². The first-order chi connectivity index (χ1) is 16.5. The van der Waals surface area contributed by atoms with Gasteiger partial charge in [-0.2, -0.15) is 26.3 Å². The zero-order chi connectivity index (χ0) is 27.2. The van der Waals surface area contributed by atoms with E-state index in [9.17, 15) is 40.6 Å². The topological polar surface area (TPSA) is 73.2 Å². The summed E-state index contributed by atoms with van der Waals surface area (Å²) in [6.07, 6.45) is -9.96. The highest BCUT2D eigenvalue weighted by Crippen LogP contribution is 2.53. The highest BCUT2D eigenvalue weighted by molar-refractivity contribution is 6.34. The molecule has 1 aliphatic rings. The molecule has 12 heteroatoms. The molecule has 0 spiro atoms. The molecule has 1 amide bonds. The van der Waals surface area contributed by atoms with Crippen LogP contribution >= 0.6 is 11.6 Å². The van der Waals surface area contributed by atoms with Crippen molar-refractivity contribution in [3.8, 4) is 0 Å². The predicted octanol–water partition coefficient (Wildman–Crippen LogP) is 7.11. The van der Waals surface area contributed by atoms with Crippen LogP contribution in [-0.2, 0) is 5.67 Å². The number of allylic oxidation sites excluding steroid dienone is 1. The van der Waals surface area contributed by atoms with Crippen molar-refractivity contribution in [2.24, 2.45) is 0 Å². The van der Waals surface area contributed by atoms with Crippen molar-refractivity contribution in [1.29, 1.82) is 5.41 Å². The lowest BCUT2D eigenvalue weighted by molar-refractivity contribution is -0.348. The molecule has 2 aromatic rings. The molecule has 1 saturated carbocycles. The number of hydrogen-bond acceptors (Lipinski definition) is 3. The second kappa shape index (κ2) is 9.42. The minimum absolute atomic E-state index is 0.0428. The van der Waals surface area contributed by atoms with Crippen molar-refractivity contribution < 1.29 is 40.6 Å². The van der Waals surface area contributed by atoms with Crippen LogP contribution in [0.2, 0.25) is 5.02 Å². The van der Waals surface area contributed by atoms with Crippen LogP contribution in [0.15, 0.2) is 36.4 Å². The Morgan fingerprint density at radius 1 is 1.03 bits per heavy atom. The summed E-state index contributed by atoms with van der Waals surface area (Å²) in [5.41, 5.74) is -8.14. The van der Waals surface area contributed by atoms with Crippen LogP contribution in [0.1, 0.15) is 51.0 Å². The highest BCUT2D eigenvalue weighted by Gasteiger charge is 2.73. The van der Waals surface area contributed by atoms with Gasteiger partial charge in [0.2, 0.25) is 0 Å². The average Bonchev–Trinajstić information content (AvgIpc) is 3.54. The second-order valence-corrected chi connectivity index (χ2v) is 8.93. The molecule has 2 aromatic carbocycles. The Morgan fingerprint density at radius 2 is 1.56 bits per heavy atom. The Balaban J connectivity index is 1.97. The summed E-state index contributed by atoms with van der Waals surface area (Å²) in [5.74, 6) is -0.969. The number of benzene rings is 2. The van der Waals surface area contributed by atoms with E-state index in [1.54, 1.807) is 0 Å². The molecule has 0 radical (unpaired) electrons. The second-order valence-electron chi connectivity index (χ2n) is 8.52. The molecule has 0 heterocycles. The number of halogens is 8. The zero-order valence-electron chi connectivity index (χ0n) is 18.8. The number of aliphatic hydroxyl groups is 1. The first kappa shape index (κ1) is 27.5. The lowest BCUT2D eigenvalue weighted by Gasteiger charge is -2.31. The van der Waals surface area contributed by atoms with E-state index in [2.05, 4.69) is 5.32 Å². The summed E-state index contributed by atoms with van der Waals surface area (Å²) in [6.45, 7) is 2.25. The summed E-state index contributed by atoms with van der Waals surface area (Å²) < 4.78 is 93.3. The third kappa shape index (κ3) is 5.21. The maximum absolute atomic E-state index is 14.5. The van der Waals surface area contributed by atoms with Crippen LogP contribution in [0, 0.1) is 19.3 Å². The summed E-state index contributed by atoms with van der Waals surface area (Å²) in [5, 5.41) is 21.6. The molecule has 0 saturated heterocycles. The fraction of sp³-hybridized carbons (Fsp3) is 0.333. The van der Waals surface area contributed by atoms with E-state index in [0.29, 0.717) is 12.1 Å². The number of aryl methyl sites for hydroxylation is 2. The molecule has 1 aliphatic carbocycles. The van der Waals surface area contributed by atoms with Gasteiger partial charge in [-0.1, -0.05) is 23.7 Å². The van der Waals surface area contributed by atoms with Gasteiger partial charge in [-0.25, -0.2) is 4.39 Å². The van der Waals surface area contributed by atoms with Crippen LogP contribution in [0.25, 0.3) is 5.76 Å². The molecule has 3 N–H and O–H groups in total. The molecule has 4 nitrogen and oxygen atoms in total. The lowest BCUT2D eigenvalue weighted by Crippen LogP contribution is -2.50. The summed E-state index contributed by atoms with van der Waals surface area (Å²) in [7, 11) is 0. The normalized spacial score (nSPS) is 15.1. The van der Waals surface area contributed by atoms with E-state index in [1.807, 2.05) is 0 Å². The number of carbonyl (C=O) groups excluding carboxylic acids is 1. The van der Waals surface area contributed by atoms with Gasteiger partial charge in [-0.15, -0.1) is 0 Å². The SMILES string of the molecule is Cc1cc(C(F)(C(F)(F)F)C(F)(F)F)cc(C)c1C(=N)/C=C(\O)c1ccc(Cl)c(C(=O)NC2CC2)c1. The molecule has 0 atom stereocenters. The van der Waals surface area contributed by atoms with Gasteiger partial charge < -0.3 is 15.8 Å². The fourth-order valence-electron chi connectivity index (χ4n) is 3.72. The zero-order valence-corrected chi connectivity index (χ0v) is 19.6. The molecule has 0 aromatic heterocycles. The molecule has 0 unspecified atom stereocenters. The number of nitrogens with one attached hydrogen (secondary N) is 2. The Kier molecular flexibility index (Phi) is 7.20. The van der Waals surface area contributed by atoms with Crippen molar-refractivity contribution in [3.05, 3.63) is 74.8 Å². The summed E-state index contributed by atoms with van der Waals surface area (Å²) in [4.78, 5) is 12.3. The van der Waals surface area contributed by atoms with Gasteiger partial charge in [0.15, 0.2) is 0 Å². The summed E-state index contributed by atoms with van der Waals surface area (Å²) >= 11 is 6.06. The first-order valence-corrected chi connectivity index (χ1v) is 10.9. The number of amides is 1. The lowest BCUT2D eigenvalue weighted by atomic mass is 9.87. The van der Waals surface area contributed by atoms with Gasteiger partial charge in [-0.05, 0) is 56.0 Å². The molecule has 1 fully saturated rings. The van der Waals surface area contributed by atoms with Gasteiger partial charge in [0.25, 0.3) is 5.91 Å². The van der Waals surface area contributed by atoms with Gasteiger partial charge in [0, 0.05) is 28.8 Å². The van der Waals surface area contributed by atoms with E-state index < -0.39 is 41.0 Å². The molecular formula is C24H20ClF7N2O2. The number of hydrogen-bond donors (Lipinski definition) is 3. The Hall–Kier alpha value is -3.08.